The van der Waals surface area contributed by atoms with E-state index in [1.165, 1.54) is 0 Å². The zero-order valence-electron chi connectivity index (χ0n) is 11.0. The Hall–Kier alpha value is -1.59. The van der Waals surface area contributed by atoms with Crippen molar-refractivity contribution in [3.8, 4) is 11.5 Å². The lowest BCUT2D eigenvalue weighted by atomic mass is 10.3. The summed E-state index contributed by atoms with van der Waals surface area (Å²) in [5, 5.41) is 9.84. The Kier molecular flexibility index (Phi) is 4.76. The number of aromatic nitrogens is 1. The minimum atomic E-state index is -0.0124. The Morgan fingerprint density at radius 2 is 1.84 bits per heavy atom. The first-order valence-corrected chi connectivity index (χ1v) is 6.90. The molecule has 0 atom stereocenters. The second kappa shape index (κ2) is 6.54. The van der Waals surface area contributed by atoms with Crippen LogP contribution in [0, 0.1) is 13.8 Å². The predicted octanol–water partition coefficient (Wildman–Crippen LogP) is 2.71. The SMILES string of the molecule is Cc1nc(C)c(COc2ccccc2OCCO)s1. The number of ether oxygens (including phenoxy) is 2. The van der Waals surface area contributed by atoms with E-state index in [1.807, 2.05) is 38.1 Å². The van der Waals surface area contributed by atoms with E-state index >= 15 is 0 Å². The molecule has 102 valence electrons. The second-order valence-corrected chi connectivity index (χ2v) is 5.34. The van der Waals surface area contributed by atoms with Crippen LogP contribution in [0.2, 0.25) is 0 Å². The topological polar surface area (TPSA) is 51.6 Å². The maximum atomic E-state index is 8.79. The molecule has 5 heteroatoms. The van der Waals surface area contributed by atoms with Crippen LogP contribution in [0.3, 0.4) is 0 Å². The van der Waals surface area contributed by atoms with Gasteiger partial charge in [-0.3, -0.25) is 0 Å². The standard InChI is InChI=1S/C14H17NO3S/c1-10-14(19-11(2)15-10)9-18-13-6-4-3-5-12(13)17-8-7-16/h3-6,16H,7-9H2,1-2H3. The number of hydrogen-bond acceptors (Lipinski definition) is 5. The fourth-order valence-corrected chi connectivity index (χ4v) is 2.55. The molecule has 0 amide bonds. The van der Waals surface area contributed by atoms with Gasteiger partial charge in [-0.25, -0.2) is 4.98 Å². The van der Waals surface area contributed by atoms with Gasteiger partial charge >= 0.3 is 0 Å². The molecular weight excluding hydrogens is 262 g/mol. The van der Waals surface area contributed by atoms with Crippen molar-refractivity contribution >= 4 is 11.3 Å². The number of para-hydroxylation sites is 2. The van der Waals surface area contributed by atoms with E-state index in [9.17, 15) is 0 Å². The van der Waals surface area contributed by atoms with Gasteiger partial charge in [-0.1, -0.05) is 12.1 Å². The van der Waals surface area contributed by atoms with Crippen LogP contribution in [0.4, 0.5) is 0 Å². The van der Waals surface area contributed by atoms with E-state index in [0.717, 1.165) is 15.6 Å². The van der Waals surface area contributed by atoms with Gasteiger partial charge in [-0.05, 0) is 26.0 Å². The summed E-state index contributed by atoms with van der Waals surface area (Å²) in [7, 11) is 0. The molecule has 19 heavy (non-hydrogen) atoms. The molecule has 0 radical (unpaired) electrons. The first-order valence-electron chi connectivity index (χ1n) is 6.09. The van der Waals surface area contributed by atoms with Crippen molar-refractivity contribution in [1.29, 1.82) is 0 Å². The molecule has 1 aromatic heterocycles. The molecule has 4 nitrogen and oxygen atoms in total. The molecule has 0 bridgehead atoms. The normalized spacial score (nSPS) is 10.5. The van der Waals surface area contributed by atoms with Gasteiger partial charge in [0.25, 0.3) is 0 Å². The summed E-state index contributed by atoms with van der Waals surface area (Å²) >= 11 is 1.64. The highest BCUT2D eigenvalue weighted by Gasteiger charge is 2.08. The Morgan fingerprint density at radius 1 is 1.16 bits per heavy atom. The molecule has 0 fully saturated rings. The molecule has 2 aromatic rings. The summed E-state index contributed by atoms with van der Waals surface area (Å²) in [6, 6.07) is 7.46. The van der Waals surface area contributed by atoms with E-state index in [4.69, 9.17) is 14.6 Å². The first-order chi connectivity index (χ1) is 9.20. The number of rotatable bonds is 6. The van der Waals surface area contributed by atoms with E-state index in [-0.39, 0.29) is 13.2 Å². The third-order valence-electron chi connectivity index (χ3n) is 2.56. The summed E-state index contributed by atoms with van der Waals surface area (Å²) in [6.45, 7) is 4.70. The Morgan fingerprint density at radius 3 is 2.42 bits per heavy atom. The number of nitrogens with zero attached hydrogens (tertiary/aromatic N) is 1. The average Bonchev–Trinajstić information content (AvgIpc) is 2.73. The number of aryl methyl sites for hydroxylation is 2. The highest BCUT2D eigenvalue weighted by atomic mass is 32.1. The van der Waals surface area contributed by atoms with Gasteiger partial charge in [0.15, 0.2) is 11.5 Å². The van der Waals surface area contributed by atoms with Crippen molar-refractivity contribution in [1.82, 2.24) is 4.98 Å². The first kappa shape index (κ1) is 13.8. The summed E-state index contributed by atoms with van der Waals surface area (Å²) in [6.07, 6.45) is 0. The number of aliphatic hydroxyl groups is 1. The molecular formula is C14H17NO3S. The number of thiazole rings is 1. The zero-order valence-corrected chi connectivity index (χ0v) is 11.9. The van der Waals surface area contributed by atoms with Crippen molar-refractivity contribution in [2.45, 2.75) is 20.5 Å². The molecule has 0 aliphatic carbocycles. The largest absolute Gasteiger partial charge is 0.487 e. The van der Waals surface area contributed by atoms with Crippen LogP contribution in [0.1, 0.15) is 15.6 Å². The highest BCUT2D eigenvalue weighted by molar-refractivity contribution is 7.11. The van der Waals surface area contributed by atoms with Crippen molar-refractivity contribution in [2.24, 2.45) is 0 Å². The molecule has 0 aliphatic rings. The van der Waals surface area contributed by atoms with Crippen molar-refractivity contribution in [2.75, 3.05) is 13.2 Å². The van der Waals surface area contributed by atoms with Crippen LogP contribution >= 0.6 is 11.3 Å². The lowest BCUT2D eigenvalue weighted by Crippen LogP contribution is -2.04. The van der Waals surface area contributed by atoms with Crippen molar-refractivity contribution in [3.05, 3.63) is 39.8 Å². The molecule has 1 aromatic carbocycles. The monoisotopic (exact) mass is 279 g/mol. The maximum Gasteiger partial charge on any atom is 0.161 e. The molecule has 0 unspecified atom stereocenters. The van der Waals surface area contributed by atoms with Crippen LogP contribution in [-0.4, -0.2) is 23.3 Å². The minimum absolute atomic E-state index is 0.0124. The fraction of sp³-hybridized carbons (Fsp3) is 0.357. The van der Waals surface area contributed by atoms with Crippen LogP contribution < -0.4 is 9.47 Å². The van der Waals surface area contributed by atoms with Gasteiger partial charge in [0.1, 0.15) is 13.2 Å². The molecule has 0 aliphatic heterocycles. The predicted molar refractivity (Wildman–Crippen MR) is 74.9 cm³/mol. The van der Waals surface area contributed by atoms with Gasteiger partial charge in [-0.15, -0.1) is 11.3 Å². The van der Waals surface area contributed by atoms with Crippen molar-refractivity contribution < 1.29 is 14.6 Å². The molecule has 0 saturated carbocycles. The Balaban J connectivity index is 2.04. The van der Waals surface area contributed by atoms with Crippen LogP contribution in [0.15, 0.2) is 24.3 Å². The third-order valence-corrected chi connectivity index (χ3v) is 3.60. The lowest BCUT2D eigenvalue weighted by molar-refractivity contribution is 0.192. The van der Waals surface area contributed by atoms with E-state index < -0.39 is 0 Å². The Labute approximate surface area is 116 Å². The highest BCUT2D eigenvalue weighted by Crippen LogP contribution is 2.28. The van der Waals surface area contributed by atoms with Gasteiger partial charge in [0.05, 0.1) is 22.2 Å². The Bertz CT molecular complexity index is 539. The van der Waals surface area contributed by atoms with Gasteiger partial charge in [0.2, 0.25) is 0 Å². The van der Waals surface area contributed by atoms with Crippen LogP contribution in [0.5, 0.6) is 11.5 Å². The molecule has 0 saturated heterocycles. The minimum Gasteiger partial charge on any atom is -0.487 e. The smallest absolute Gasteiger partial charge is 0.161 e. The summed E-state index contributed by atoms with van der Waals surface area (Å²) < 4.78 is 11.2. The van der Waals surface area contributed by atoms with Crippen LogP contribution in [0.25, 0.3) is 0 Å². The quantitative estimate of drug-likeness (QED) is 0.883. The fourth-order valence-electron chi connectivity index (χ4n) is 1.69. The lowest BCUT2D eigenvalue weighted by Gasteiger charge is -2.11. The molecule has 1 heterocycles. The average molecular weight is 279 g/mol. The molecule has 2 rings (SSSR count). The van der Waals surface area contributed by atoms with Crippen molar-refractivity contribution in [3.63, 3.8) is 0 Å². The summed E-state index contributed by atoms with van der Waals surface area (Å²) in [5.41, 5.74) is 1.01. The summed E-state index contributed by atoms with van der Waals surface area (Å²) in [4.78, 5) is 5.49. The molecule has 1 N–H and O–H groups in total. The molecule has 0 spiro atoms. The van der Waals surface area contributed by atoms with Gasteiger partial charge in [-0.2, -0.15) is 0 Å². The van der Waals surface area contributed by atoms with Gasteiger partial charge < -0.3 is 14.6 Å². The van der Waals surface area contributed by atoms with Gasteiger partial charge in [0, 0.05) is 0 Å². The summed E-state index contributed by atoms with van der Waals surface area (Å²) in [5.74, 6) is 1.33. The number of hydrogen-bond donors (Lipinski definition) is 1. The maximum absolute atomic E-state index is 8.79. The third kappa shape index (κ3) is 3.68. The zero-order chi connectivity index (χ0) is 13.7. The second-order valence-electron chi connectivity index (χ2n) is 4.05. The van der Waals surface area contributed by atoms with E-state index in [2.05, 4.69) is 4.98 Å². The van der Waals surface area contributed by atoms with E-state index in [0.29, 0.717) is 18.1 Å². The number of benzene rings is 1. The number of aliphatic hydroxyl groups excluding tert-OH is 1. The van der Waals surface area contributed by atoms with Crippen LogP contribution in [-0.2, 0) is 6.61 Å². The van der Waals surface area contributed by atoms with E-state index in [1.54, 1.807) is 11.3 Å².